The van der Waals surface area contributed by atoms with Gasteiger partial charge < -0.3 is 10.1 Å². The first-order chi connectivity index (χ1) is 11.4. The van der Waals surface area contributed by atoms with Gasteiger partial charge in [-0.2, -0.15) is 13.2 Å². The van der Waals surface area contributed by atoms with Crippen molar-refractivity contribution in [2.24, 2.45) is 0 Å². The predicted octanol–water partition coefficient (Wildman–Crippen LogP) is 4.03. The molecule has 0 aromatic heterocycles. The zero-order chi connectivity index (χ0) is 17.3. The first-order valence-corrected chi connectivity index (χ1v) is 7.27. The van der Waals surface area contributed by atoms with Crippen LogP contribution in [0.15, 0.2) is 48.5 Å². The molecule has 0 saturated carbocycles. The zero-order valence-corrected chi connectivity index (χ0v) is 12.8. The van der Waals surface area contributed by atoms with Gasteiger partial charge in [-0.05, 0) is 23.8 Å². The minimum absolute atomic E-state index is 0.0399. The lowest BCUT2D eigenvalue weighted by molar-refractivity contribution is -0.155. The van der Waals surface area contributed by atoms with E-state index in [0.29, 0.717) is 5.75 Å². The van der Waals surface area contributed by atoms with E-state index in [4.69, 9.17) is 4.74 Å². The molecule has 2 aromatic carbocycles. The number of hydrogen-bond donors (Lipinski definition) is 1. The van der Waals surface area contributed by atoms with E-state index < -0.39 is 18.2 Å². The van der Waals surface area contributed by atoms with E-state index >= 15 is 0 Å². The van der Waals surface area contributed by atoms with Gasteiger partial charge in [-0.15, -0.1) is 0 Å². The highest BCUT2D eigenvalue weighted by Gasteiger charge is 2.46. The number of carbonyl (C=O) groups is 1. The predicted molar refractivity (Wildman–Crippen MR) is 82.9 cm³/mol. The molecule has 1 aliphatic heterocycles. The van der Waals surface area contributed by atoms with Crippen LogP contribution in [0.5, 0.6) is 5.75 Å². The fourth-order valence-corrected chi connectivity index (χ4v) is 2.69. The minimum atomic E-state index is -4.54. The second-order valence-electron chi connectivity index (χ2n) is 5.42. The fraction of sp³-hybridized carbons (Fsp3) is 0.235. The fourth-order valence-electron chi connectivity index (χ4n) is 2.69. The van der Waals surface area contributed by atoms with E-state index in [1.54, 1.807) is 37.4 Å². The average molecular weight is 336 g/mol. The Morgan fingerprint density at radius 3 is 2.42 bits per heavy atom. The van der Waals surface area contributed by atoms with Crippen molar-refractivity contribution >= 4 is 11.7 Å². The summed E-state index contributed by atoms with van der Waals surface area (Å²) in [5.41, 5.74) is 1.09. The zero-order valence-electron chi connectivity index (χ0n) is 12.8. The largest absolute Gasteiger partial charge is 0.497 e. The highest BCUT2D eigenvalue weighted by molar-refractivity contribution is 5.95. The summed E-state index contributed by atoms with van der Waals surface area (Å²) in [4.78, 5) is 13.5. The first kappa shape index (κ1) is 16.2. The van der Waals surface area contributed by atoms with Gasteiger partial charge in [0.25, 0.3) is 0 Å². The molecule has 2 amide bonds. The van der Waals surface area contributed by atoms with Crippen molar-refractivity contribution in [2.45, 2.75) is 18.8 Å². The maximum absolute atomic E-state index is 13.2. The molecule has 126 valence electrons. The molecule has 0 aliphatic carbocycles. The van der Waals surface area contributed by atoms with Crippen LogP contribution in [0, 0.1) is 0 Å². The summed E-state index contributed by atoms with van der Waals surface area (Å²) in [6, 6.07) is 10.3. The number of benzene rings is 2. The van der Waals surface area contributed by atoms with Crippen LogP contribution in [0.2, 0.25) is 0 Å². The Morgan fingerprint density at radius 1 is 1.12 bits per heavy atom. The number of nitrogens with one attached hydrogen (secondary N) is 1. The molecule has 1 aliphatic rings. The topological polar surface area (TPSA) is 41.6 Å². The number of anilines is 1. The standard InChI is InChI=1S/C17H15F3N2O2/c1-24-12-8-6-11(7-9-12)10-22-14-5-3-2-4-13(14)15(17(18,19)20)21-16(22)23/h2-9,15H,10H2,1H3,(H,21,23). The normalized spacial score (nSPS) is 17.2. The minimum Gasteiger partial charge on any atom is -0.497 e. The lowest BCUT2D eigenvalue weighted by atomic mass is 10.0. The maximum atomic E-state index is 13.2. The van der Waals surface area contributed by atoms with Crippen molar-refractivity contribution in [1.29, 1.82) is 0 Å². The summed E-state index contributed by atoms with van der Waals surface area (Å²) in [6.45, 7) is 0.164. The molecule has 1 unspecified atom stereocenters. The van der Waals surface area contributed by atoms with Crippen LogP contribution in [-0.4, -0.2) is 19.3 Å². The van der Waals surface area contributed by atoms with Gasteiger partial charge in [0.15, 0.2) is 6.04 Å². The number of methoxy groups -OCH3 is 1. The molecule has 1 heterocycles. The second-order valence-corrected chi connectivity index (χ2v) is 5.42. The summed E-state index contributed by atoms with van der Waals surface area (Å²) >= 11 is 0. The number of halogens is 3. The Balaban J connectivity index is 1.94. The SMILES string of the molecule is COc1ccc(CN2C(=O)NC(C(F)(F)F)c3ccccc32)cc1. The van der Waals surface area contributed by atoms with E-state index in [2.05, 4.69) is 0 Å². The second kappa shape index (κ2) is 6.07. The van der Waals surface area contributed by atoms with Crippen LogP contribution in [-0.2, 0) is 6.54 Å². The monoisotopic (exact) mass is 336 g/mol. The highest BCUT2D eigenvalue weighted by Crippen LogP contribution is 2.40. The smallest absolute Gasteiger partial charge is 0.413 e. The molecule has 0 spiro atoms. The van der Waals surface area contributed by atoms with Crippen LogP contribution >= 0.6 is 0 Å². The Bertz CT molecular complexity index is 744. The number of fused-ring (bicyclic) bond motifs is 1. The van der Waals surface area contributed by atoms with E-state index in [1.165, 1.54) is 23.1 Å². The number of para-hydroxylation sites is 1. The van der Waals surface area contributed by atoms with Crippen molar-refractivity contribution in [3.63, 3.8) is 0 Å². The average Bonchev–Trinajstić information content (AvgIpc) is 2.56. The summed E-state index contributed by atoms with van der Waals surface area (Å²) in [6.07, 6.45) is -4.54. The van der Waals surface area contributed by atoms with E-state index in [9.17, 15) is 18.0 Å². The van der Waals surface area contributed by atoms with Gasteiger partial charge in [0.1, 0.15) is 5.75 Å². The number of amides is 2. The molecule has 7 heteroatoms. The van der Waals surface area contributed by atoms with Gasteiger partial charge in [-0.3, -0.25) is 4.90 Å². The van der Waals surface area contributed by atoms with Gasteiger partial charge in [-0.1, -0.05) is 30.3 Å². The molecule has 2 aromatic rings. The van der Waals surface area contributed by atoms with E-state index in [-0.39, 0.29) is 17.8 Å². The van der Waals surface area contributed by atoms with Gasteiger partial charge in [-0.25, -0.2) is 4.79 Å². The lowest BCUT2D eigenvalue weighted by Gasteiger charge is -2.35. The van der Waals surface area contributed by atoms with Crippen molar-refractivity contribution in [2.75, 3.05) is 12.0 Å². The molecule has 4 nitrogen and oxygen atoms in total. The van der Waals surface area contributed by atoms with E-state index in [0.717, 1.165) is 5.56 Å². The molecule has 1 N–H and O–H groups in total. The molecule has 0 fully saturated rings. The number of rotatable bonds is 3. The van der Waals surface area contributed by atoms with Crippen molar-refractivity contribution in [1.82, 2.24) is 5.32 Å². The van der Waals surface area contributed by atoms with Gasteiger partial charge in [0, 0.05) is 5.56 Å². The first-order valence-electron chi connectivity index (χ1n) is 7.27. The molecular formula is C17H15F3N2O2. The number of carbonyl (C=O) groups excluding carboxylic acids is 1. The molecular weight excluding hydrogens is 321 g/mol. The third kappa shape index (κ3) is 3.02. The number of alkyl halides is 3. The number of hydrogen-bond acceptors (Lipinski definition) is 2. The molecule has 1 atom stereocenters. The number of urea groups is 1. The van der Waals surface area contributed by atoms with Gasteiger partial charge >= 0.3 is 12.2 Å². The number of nitrogens with zero attached hydrogens (tertiary/aromatic N) is 1. The van der Waals surface area contributed by atoms with Gasteiger partial charge in [0.05, 0.1) is 19.3 Å². The summed E-state index contributed by atoms with van der Waals surface area (Å²) in [5, 5.41) is 2.04. The Hall–Kier alpha value is -2.70. The maximum Gasteiger partial charge on any atom is 0.413 e. The third-order valence-electron chi connectivity index (χ3n) is 3.88. The Morgan fingerprint density at radius 2 is 1.79 bits per heavy atom. The van der Waals surface area contributed by atoms with Crippen LogP contribution in [0.1, 0.15) is 17.2 Å². The molecule has 24 heavy (non-hydrogen) atoms. The van der Waals surface area contributed by atoms with Crippen molar-refractivity contribution < 1.29 is 22.7 Å². The molecule has 0 radical (unpaired) electrons. The quantitative estimate of drug-likeness (QED) is 0.919. The van der Waals surface area contributed by atoms with Crippen molar-refractivity contribution in [3.8, 4) is 5.75 Å². The van der Waals surface area contributed by atoms with Crippen LogP contribution < -0.4 is 15.0 Å². The number of ether oxygens (including phenoxy) is 1. The van der Waals surface area contributed by atoms with Crippen LogP contribution in [0.25, 0.3) is 0 Å². The van der Waals surface area contributed by atoms with E-state index in [1.807, 2.05) is 5.32 Å². The summed E-state index contributed by atoms with van der Waals surface area (Å²) < 4.78 is 44.6. The summed E-state index contributed by atoms with van der Waals surface area (Å²) in [5.74, 6) is 0.666. The third-order valence-corrected chi connectivity index (χ3v) is 3.88. The van der Waals surface area contributed by atoms with Crippen LogP contribution in [0.4, 0.5) is 23.7 Å². The molecule has 0 saturated heterocycles. The molecule has 0 bridgehead atoms. The van der Waals surface area contributed by atoms with Gasteiger partial charge in [0.2, 0.25) is 0 Å². The van der Waals surface area contributed by atoms with Crippen molar-refractivity contribution in [3.05, 3.63) is 59.7 Å². The Labute approximate surface area is 136 Å². The van der Waals surface area contributed by atoms with Crippen LogP contribution in [0.3, 0.4) is 0 Å². The summed E-state index contributed by atoms with van der Waals surface area (Å²) in [7, 11) is 1.54. The molecule has 3 rings (SSSR count). The Kier molecular flexibility index (Phi) is 4.09. The highest BCUT2D eigenvalue weighted by atomic mass is 19.4. The lowest BCUT2D eigenvalue weighted by Crippen LogP contribution is -2.50.